The first kappa shape index (κ1) is 60.9. The summed E-state index contributed by atoms with van der Waals surface area (Å²) in [4.78, 5) is 109. The van der Waals surface area contributed by atoms with Gasteiger partial charge < -0.3 is 47.0 Å². The fraction of sp³-hybridized carbons (Fsp3) is 0.560. The van der Waals surface area contributed by atoms with Crippen molar-refractivity contribution in [1.29, 1.82) is 0 Å². The number of aliphatic carboxylic acids is 4. The number of Topliss-reactive ketones (excluding diaryl/α,β-unsaturated/α-hetero) is 2. The Hall–Kier alpha value is -5.63. The zero-order valence-corrected chi connectivity index (χ0v) is 44.6. The molecule has 0 spiro atoms. The number of amides is 2. The van der Waals surface area contributed by atoms with Gasteiger partial charge in [0.25, 0.3) is 5.91 Å². The van der Waals surface area contributed by atoms with Crippen molar-refractivity contribution in [1.82, 2.24) is 35.6 Å². The van der Waals surface area contributed by atoms with Crippen LogP contribution in [0.1, 0.15) is 73.4 Å². The van der Waals surface area contributed by atoms with E-state index in [9.17, 15) is 58.8 Å². The third-order valence-electron chi connectivity index (χ3n) is 12.8. The topological polar surface area (TPSA) is 291 Å². The van der Waals surface area contributed by atoms with Gasteiger partial charge in [-0.05, 0) is 118 Å². The van der Waals surface area contributed by atoms with Crippen molar-refractivity contribution in [3.8, 4) is 0 Å². The maximum absolute atomic E-state index is 14.0. The molecule has 2 aromatic rings. The molecule has 1 fully saturated rings. The second kappa shape index (κ2) is 32.0. The van der Waals surface area contributed by atoms with Crippen molar-refractivity contribution >= 4 is 105 Å². The SMILES string of the molecule is CSCC[C@H](NC(=O)c1cccc2c1CCC(C(=O)CN1CCN(CC(=O)O)CCN(CC(=O)O)CCN(CC(=O)O)CC1)C2)C(=O)CCC(=O)N[C@@H](CCCCNC(=S)Nc1ccc(NC(C)=S)cc1)C(=O)O. The minimum atomic E-state index is -1.19. The molecule has 1 aliphatic carbocycles. The predicted molar refractivity (Wildman–Crippen MR) is 290 cm³/mol. The van der Waals surface area contributed by atoms with Gasteiger partial charge in [-0.2, -0.15) is 11.8 Å². The van der Waals surface area contributed by atoms with E-state index in [0.717, 1.165) is 22.5 Å². The molecule has 0 bridgehead atoms. The molecular formula is C50H71N9O12S3. The van der Waals surface area contributed by atoms with Crippen LogP contribution in [-0.2, 0) is 46.4 Å². The lowest BCUT2D eigenvalue weighted by Gasteiger charge is -2.33. The molecule has 0 aromatic heterocycles. The van der Waals surface area contributed by atoms with Gasteiger partial charge in [0.2, 0.25) is 5.91 Å². The minimum Gasteiger partial charge on any atom is -0.480 e. The van der Waals surface area contributed by atoms with Crippen molar-refractivity contribution < 1.29 is 58.8 Å². The molecular weight excluding hydrogens is 1010 g/mol. The van der Waals surface area contributed by atoms with Gasteiger partial charge in [0.15, 0.2) is 10.9 Å². The fourth-order valence-corrected chi connectivity index (χ4v) is 9.65. The summed E-state index contributed by atoms with van der Waals surface area (Å²) >= 11 is 11.9. The fourth-order valence-electron chi connectivity index (χ4n) is 8.84. The number of carboxylic acids is 4. The van der Waals surface area contributed by atoms with Crippen LogP contribution in [0.3, 0.4) is 0 Å². The van der Waals surface area contributed by atoms with Gasteiger partial charge in [-0.1, -0.05) is 24.4 Å². The number of thiocarbonyl (C=S) groups is 2. The number of fused-ring (bicyclic) bond motifs is 1. The monoisotopic (exact) mass is 1090 g/mol. The van der Waals surface area contributed by atoms with E-state index in [2.05, 4.69) is 26.6 Å². The zero-order chi connectivity index (χ0) is 54.2. The lowest BCUT2D eigenvalue weighted by atomic mass is 9.79. The molecule has 74 heavy (non-hydrogen) atoms. The van der Waals surface area contributed by atoms with Gasteiger partial charge in [0, 0.05) is 94.6 Å². The minimum absolute atomic E-state index is 0.0403. The third-order valence-corrected chi connectivity index (χ3v) is 13.8. The molecule has 4 rings (SSSR count). The first-order chi connectivity index (χ1) is 35.3. The van der Waals surface area contributed by atoms with Crippen LogP contribution < -0.4 is 26.6 Å². The van der Waals surface area contributed by atoms with Gasteiger partial charge >= 0.3 is 23.9 Å². The van der Waals surface area contributed by atoms with Gasteiger partial charge in [0.1, 0.15) is 11.8 Å². The summed E-state index contributed by atoms with van der Waals surface area (Å²) in [5.74, 6) is -5.63. The Balaban J connectivity index is 1.29. The Morgan fingerprint density at radius 1 is 0.676 bits per heavy atom. The number of ketones is 2. The number of nitrogens with zero attached hydrogens (tertiary/aromatic N) is 4. The molecule has 21 nitrogen and oxygen atoms in total. The van der Waals surface area contributed by atoms with Gasteiger partial charge in [0.05, 0.1) is 37.2 Å². The number of carbonyl (C=O) groups excluding carboxylic acids is 4. The zero-order valence-electron chi connectivity index (χ0n) is 42.1. The number of benzene rings is 2. The molecule has 0 saturated carbocycles. The predicted octanol–water partition coefficient (Wildman–Crippen LogP) is 2.52. The van der Waals surface area contributed by atoms with Crippen molar-refractivity contribution in [2.24, 2.45) is 5.92 Å². The van der Waals surface area contributed by atoms with Crippen LogP contribution in [0.2, 0.25) is 0 Å². The Labute approximate surface area is 446 Å². The van der Waals surface area contributed by atoms with Crippen LogP contribution in [0.25, 0.3) is 0 Å². The molecule has 2 aliphatic rings. The molecule has 2 aromatic carbocycles. The Morgan fingerprint density at radius 2 is 1.22 bits per heavy atom. The van der Waals surface area contributed by atoms with E-state index in [4.69, 9.17) is 24.4 Å². The summed E-state index contributed by atoms with van der Waals surface area (Å²) < 4.78 is 0. The van der Waals surface area contributed by atoms with E-state index < -0.39 is 47.8 Å². The Bertz CT molecular complexity index is 2260. The smallest absolute Gasteiger partial charge is 0.326 e. The van der Waals surface area contributed by atoms with E-state index in [1.165, 1.54) is 11.8 Å². The van der Waals surface area contributed by atoms with Crippen molar-refractivity contribution in [3.63, 3.8) is 0 Å². The average Bonchev–Trinajstić information content (AvgIpc) is 3.34. The molecule has 2 amide bonds. The summed E-state index contributed by atoms with van der Waals surface area (Å²) in [5, 5.41) is 53.5. The lowest BCUT2D eigenvalue weighted by molar-refractivity contribution is -0.142. The molecule has 3 atom stereocenters. The summed E-state index contributed by atoms with van der Waals surface area (Å²) in [7, 11) is 0. The number of hydrogen-bond acceptors (Lipinski definition) is 15. The number of hydrogen-bond donors (Lipinski definition) is 9. The molecule has 406 valence electrons. The number of nitrogens with one attached hydrogen (secondary N) is 5. The molecule has 1 heterocycles. The third kappa shape index (κ3) is 22.5. The first-order valence-corrected chi connectivity index (χ1v) is 27.0. The highest BCUT2D eigenvalue weighted by atomic mass is 32.2. The van der Waals surface area contributed by atoms with Gasteiger partial charge in [-0.15, -0.1) is 0 Å². The standard InChI is InChI=1S/C50H71N9O12S3/c1-33(72)52-36-10-12-37(13-11-36)53-50(73)51-18-4-3-8-41(49(70)71)54-44(62)16-15-42(60)40(17-27-74-2)55-48(69)39-7-5-6-34-28-35(9-14-38(34)39)43(61)29-56-19-21-57(30-45(63)64)23-25-59(32-47(67)68)26-24-58(22-20-56)31-46(65)66/h5-7,10-13,35,40-41H,3-4,8-9,14-32H2,1-2H3,(H,52,72)(H,54,62)(H,55,69)(H,63,64)(H,65,66)(H,67,68)(H,70,71)(H2,51,53,73)/t35?,40-,41-/m0/s1. The van der Waals surface area contributed by atoms with E-state index in [1.807, 2.05) is 41.5 Å². The number of anilines is 2. The van der Waals surface area contributed by atoms with Crippen molar-refractivity contribution in [3.05, 3.63) is 59.2 Å². The van der Waals surface area contributed by atoms with Crippen molar-refractivity contribution in [2.45, 2.75) is 76.8 Å². The highest BCUT2D eigenvalue weighted by Gasteiger charge is 2.31. The summed E-state index contributed by atoms with van der Waals surface area (Å²) in [5.41, 5.74) is 3.61. The highest BCUT2D eigenvalue weighted by molar-refractivity contribution is 7.98. The van der Waals surface area contributed by atoms with Crippen LogP contribution in [0.4, 0.5) is 11.4 Å². The molecule has 9 N–H and O–H groups in total. The van der Waals surface area contributed by atoms with Gasteiger partial charge in [-0.3, -0.25) is 53.2 Å². The van der Waals surface area contributed by atoms with Gasteiger partial charge in [-0.25, -0.2) is 4.79 Å². The number of unbranched alkanes of at least 4 members (excludes halogenated alkanes) is 1. The molecule has 1 aliphatic heterocycles. The molecule has 0 radical (unpaired) electrons. The van der Waals surface area contributed by atoms with Crippen LogP contribution in [0.5, 0.6) is 0 Å². The summed E-state index contributed by atoms with van der Waals surface area (Å²) in [6, 6.07) is 10.6. The second-order valence-corrected chi connectivity index (χ2v) is 20.5. The molecule has 24 heteroatoms. The average molecular weight is 1090 g/mol. The number of rotatable bonds is 27. The maximum atomic E-state index is 14.0. The van der Waals surface area contributed by atoms with E-state index in [1.54, 1.807) is 33.8 Å². The molecule has 1 saturated heterocycles. The molecule has 1 unspecified atom stereocenters. The maximum Gasteiger partial charge on any atom is 0.326 e. The van der Waals surface area contributed by atoms with Crippen LogP contribution >= 0.6 is 36.2 Å². The highest BCUT2D eigenvalue weighted by Crippen LogP contribution is 2.29. The summed E-state index contributed by atoms with van der Waals surface area (Å²) in [6.07, 6.45) is 4.14. The second-order valence-electron chi connectivity index (χ2n) is 18.5. The summed E-state index contributed by atoms with van der Waals surface area (Å²) in [6.45, 7) is 3.71. The Morgan fingerprint density at radius 3 is 1.73 bits per heavy atom. The number of carboxylic acid groups (broad SMARTS) is 4. The van der Waals surface area contributed by atoms with E-state index in [0.29, 0.717) is 79.6 Å². The number of thioether (sulfide) groups is 1. The quantitative estimate of drug-likeness (QED) is 0.0459. The van der Waals surface area contributed by atoms with E-state index >= 15 is 0 Å². The number of carbonyl (C=O) groups is 8. The van der Waals surface area contributed by atoms with E-state index in [-0.39, 0.29) is 102 Å². The normalized spacial score (nSPS) is 16.9. The lowest BCUT2D eigenvalue weighted by Crippen LogP contribution is -2.49. The Kier molecular flexibility index (Phi) is 26.3. The van der Waals surface area contributed by atoms with Crippen LogP contribution in [0.15, 0.2) is 42.5 Å². The van der Waals surface area contributed by atoms with Crippen molar-refractivity contribution in [2.75, 3.05) is 108 Å². The largest absolute Gasteiger partial charge is 0.480 e. The van der Waals surface area contributed by atoms with Crippen LogP contribution in [-0.4, -0.2) is 207 Å². The van der Waals surface area contributed by atoms with Crippen LogP contribution in [0, 0.1) is 5.92 Å². The first-order valence-electron chi connectivity index (χ1n) is 24.8.